The van der Waals surface area contributed by atoms with Gasteiger partial charge in [0.05, 0.1) is 46.7 Å². The first kappa shape index (κ1) is 51.0. The van der Waals surface area contributed by atoms with E-state index in [-0.39, 0.29) is 23.8 Å². The van der Waals surface area contributed by atoms with Crippen molar-refractivity contribution < 1.29 is 32.7 Å². The molecule has 392 valence electrons. The minimum atomic E-state index is -0.791. The van der Waals surface area contributed by atoms with Gasteiger partial charge in [0.1, 0.15) is 29.3 Å². The molecule has 4 saturated heterocycles. The summed E-state index contributed by atoms with van der Waals surface area (Å²) in [5.41, 5.74) is 3.80. The van der Waals surface area contributed by atoms with Crippen LogP contribution in [0.15, 0.2) is 73.2 Å². The lowest BCUT2D eigenvalue weighted by Crippen LogP contribution is -2.62. The molecule has 4 aromatic heterocycles. The van der Waals surface area contributed by atoms with Crippen molar-refractivity contribution >= 4 is 51.8 Å². The van der Waals surface area contributed by atoms with Gasteiger partial charge in [-0.2, -0.15) is 15.5 Å². The van der Waals surface area contributed by atoms with E-state index in [0.717, 1.165) is 97.8 Å². The molecular formula is C55H63F2N13O5. The topological polar surface area (TPSA) is 190 Å². The number of ether oxygens (including phenoxy) is 1. The summed E-state index contributed by atoms with van der Waals surface area (Å²) in [6, 6.07) is 16.9. The summed E-state index contributed by atoms with van der Waals surface area (Å²) in [5, 5.41) is 25.2. The highest BCUT2D eigenvalue weighted by atomic mass is 19.1. The first-order valence-corrected chi connectivity index (χ1v) is 26.2. The Morgan fingerprint density at radius 3 is 2.44 bits per heavy atom. The average molecular weight is 1020 g/mol. The third-order valence-corrected chi connectivity index (χ3v) is 15.5. The second kappa shape index (κ2) is 22.1. The number of unbranched alkanes of at least 4 members (excludes halogenated alkanes) is 2. The van der Waals surface area contributed by atoms with E-state index in [0.29, 0.717) is 107 Å². The molecule has 0 bridgehead atoms. The zero-order chi connectivity index (χ0) is 52.2. The van der Waals surface area contributed by atoms with Crippen LogP contribution in [-0.4, -0.2) is 147 Å². The number of nitriles is 1. The summed E-state index contributed by atoms with van der Waals surface area (Å²) in [5.74, 6) is 0.0984. The molecule has 4 fully saturated rings. The zero-order valence-corrected chi connectivity index (χ0v) is 42.6. The molecule has 4 aliphatic heterocycles. The van der Waals surface area contributed by atoms with Gasteiger partial charge in [0.2, 0.25) is 11.8 Å². The number of rotatable bonds is 16. The van der Waals surface area contributed by atoms with Crippen molar-refractivity contribution in [1.29, 1.82) is 5.26 Å². The minimum Gasteiger partial charge on any atom is -0.492 e. The number of fused-ring (bicyclic) bond motifs is 2. The third-order valence-electron chi connectivity index (χ3n) is 15.5. The Morgan fingerprint density at radius 1 is 0.907 bits per heavy atom. The van der Waals surface area contributed by atoms with E-state index >= 15 is 0 Å². The van der Waals surface area contributed by atoms with Crippen LogP contribution in [0.2, 0.25) is 0 Å². The number of urea groups is 1. The van der Waals surface area contributed by atoms with Gasteiger partial charge >= 0.3 is 6.03 Å². The lowest BCUT2D eigenvalue weighted by Gasteiger charge is -2.46. The second-order valence-corrected chi connectivity index (χ2v) is 20.3. The van der Waals surface area contributed by atoms with Crippen LogP contribution in [0.3, 0.4) is 0 Å². The highest BCUT2D eigenvalue weighted by Gasteiger charge is 2.40. The summed E-state index contributed by atoms with van der Waals surface area (Å²) >= 11 is 0. The van der Waals surface area contributed by atoms with Crippen molar-refractivity contribution in [3.63, 3.8) is 0 Å². The van der Waals surface area contributed by atoms with E-state index in [2.05, 4.69) is 53.7 Å². The van der Waals surface area contributed by atoms with Crippen LogP contribution < -0.4 is 25.2 Å². The van der Waals surface area contributed by atoms with Crippen molar-refractivity contribution in [3.05, 3.63) is 102 Å². The summed E-state index contributed by atoms with van der Waals surface area (Å²) in [4.78, 5) is 66.6. The molecule has 2 N–H and O–H groups in total. The van der Waals surface area contributed by atoms with Gasteiger partial charge < -0.3 is 24.8 Å². The van der Waals surface area contributed by atoms with Crippen molar-refractivity contribution in [2.24, 2.45) is 7.05 Å². The number of aryl methyl sites for hydroxylation is 1. The summed E-state index contributed by atoms with van der Waals surface area (Å²) < 4.78 is 38.5. The molecule has 0 aliphatic carbocycles. The molecule has 0 saturated carbocycles. The fourth-order valence-corrected chi connectivity index (χ4v) is 11.3. The molecule has 75 heavy (non-hydrogen) atoms. The van der Waals surface area contributed by atoms with Crippen LogP contribution in [-0.2, 0) is 16.6 Å². The van der Waals surface area contributed by atoms with Crippen molar-refractivity contribution in [2.75, 3.05) is 88.4 Å². The fraction of sp³-hybridized carbons (Fsp3) is 0.455. The number of amides is 5. The van der Waals surface area contributed by atoms with Crippen molar-refractivity contribution in [2.45, 2.75) is 76.2 Å². The highest BCUT2D eigenvalue weighted by Crippen LogP contribution is 2.36. The maximum Gasteiger partial charge on any atom is 0.329 e. The van der Waals surface area contributed by atoms with E-state index in [1.165, 1.54) is 16.7 Å². The van der Waals surface area contributed by atoms with Gasteiger partial charge in [-0.3, -0.25) is 34.2 Å². The molecule has 0 spiro atoms. The standard InChI is InChI=1S/C55H63F2N13O5/c1-3-75-42-31-44(51-40(32-58)34-60-70(51)35-42)39-9-13-48(59-33-39)67-23-17-55(18-24-67,62-53(73)45-30-41(56)10-12-46(45)57)36-66-25-27-68(28-26-66)50(72)7-5-4-6-19-65-20-14-37(15-21-65)38-8-11-43-47(29-38)64(2)63-52(43)69-22-16-49(71)61-54(69)74/h8-13,29-31,33-35,37H,3-7,14-28,36H2,1-2H3,(H,62,73)(H,61,71,74). The normalized spacial score (nSPS) is 17.9. The smallest absolute Gasteiger partial charge is 0.329 e. The highest BCUT2D eigenvalue weighted by molar-refractivity contribution is 6.09. The molecule has 0 unspecified atom stereocenters. The number of piperazine rings is 1. The Labute approximate surface area is 434 Å². The number of imide groups is 1. The molecule has 0 radical (unpaired) electrons. The quantitative estimate of drug-likeness (QED) is 0.0987. The first-order valence-electron chi connectivity index (χ1n) is 26.2. The van der Waals surface area contributed by atoms with Crippen LogP contribution in [0.5, 0.6) is 5.75 Å². The molecule has 2 aromatic carbocycles. The van der Waals surface area contributed by atoms with E-state index in [1.54, 1.807) is 16.9 Å². The molecule has 20 heteroatoms. The van der Waals surface area contributed by atoms with Gasteiger partial charge in [-0.05, 0) is 125 Å². The number of pyridine rings is 2. The Kier molecular flexibility index (Phi) is 15.1. The number of nitrogens with one attached hydrogen (secondary N) is 2. The maximum atomic E-state index is 14.9. The number of halogens is 2. The van der Waals surface area contributed by atoms with Gasteiger partial charge in [-0.1, -0.05) is 12.5 Å². The number of nitrogens with zero attached hydrogens (tertiary/aromatic N) is 11. The van der Waals surface area contributed by atoms with E-state index in [4.69, 9.17) is 9.72 Å². The Balaban J connectivity index is 0.690. The van der Waals surface area contributed by atoms with Crippen LogP contribution in [0, 0.1) is 23.0 Å². The van der Waals surface area contributed by atoms with Crippen LogP contribution in [0.25, 0.3) is 27.5 Å². The largest absolute Gasteiger partial charge is 0.492 e. The zero-order valence-electron chi connectivity index (χ0n) is 42.6. The second-order valence-electron chi connectivity index (χ2n) is 20.3. The van der Waals surface area contributed by atoms with Crippen molar-refractivity contribution in [1.82, 2.24) is 49.7 Å². The van der Waals surface area contributed by atoms with E-state index in [9.17, 15) is 33.2 Å². The third kappa shape index (κ3) is 11.2. The number of carbonyl (C=O) groups excluding carboxylic acids is 4. The Morgan fingerprint density at radius 2 is 1.71 bits per heavy atom. The molecule has 0 atom stereocenters. The molecule has 4 aliphatic rings. The van der Waals surface area contributed by atoms with Crippen molar-refractivity contribution in [3.8, 4) is 22.9 Å². The average Bonchev–Trinajstić information content (AvgIpc) is 3.99. The van der Waals surface area contributed by atoms with Gasteiger partial charge in [0.25, 0.3) is 5.91 Å². The predicted molar refractivity (Wildman–Crippen MR) is 278 cm³/mol. The van der Waals surface area contributed by atoms with Gasteiger partial charge in [0.15, 0.2) is 5.82 Å². The number of anilines is 2. The number of hydrogen-bond donors (Lipinski definition) is 2. The lowest BCUT2D eigenvalue weighted by molar-refractivity contribution is -0.133. The van der Waals surface area contributed by atoms with Gasteiger partial charge in [0, 0.05) is 95.0 Å². The molecule has 5 amide bonds. The van der Waals surface area contributed by atoms with E-state index in [1.807, 2.05) is 47.8 Å². The number of carbonyl (C=O) groups is 4. The number of benzene rings is 2. The molecule has 10 rings (SSSR count). The fourth-order valence-electron chi connectivity index (χ4n) is 11.3. The van der Waals surface area contributed by atoms with E-state index < -0.39 is 29.1 Å². The lowest BCUT2D eigenvalue weighted by atomic mass is 9.86. The number of aromatic nitrogens is 5. The Hall–Kier alpha value is -7.50. The van der Waals surface area contributed by atoms with Crippen LogP contribution in [0.1, 0.15) is 92.1 Å². The predicted octanol–water partition coefficient (Wildman–Crippen LogP) is 6.63. The minimum absolute atomic E-state index is 0.154. The summed E-state index contributed by atoms with van der Waals surface area (Å²) in [7, 11) is 1.88. The van der Waals surface area contributed by atoms with Crippen LogP contribution in [0.4, 0.5) is 25.2 Å². The van der Waals surface area contributed by atoms with Gasteiger partial charge in [-0.15, -0.1) is 0 Å². The molecular weight excluding hydrogens is 961 g/mol. The van der Waals surface area contributed by atoms with Gasteiger partial charge in [-0.25, -0.2) is 23.1 Å². The molecule has 8 heterocycles. The number of hydrogen-bond acceptors (Lipinski definition) is 12. The number of piperidine rings is 2. The number of likely N-dealkylation sites (tertiary alicyclic amines) is 1. The maximum absolute atomic E-state index is 14.9. The Bertz CT molecular complexity index is 3130. The first-order chi connectivity index (χ1) is 36.4. The molecule has 18 nitrogen and oxygen atoms in total. The monoisotopic (exact) mass is 1020 g/mol. The SMILES string of the molecule is CCOc1cc(-c2ccc(N3CCC(CN4CCN(C(=O)CCCCCN5CCC(c6ccc7c(N8CCC(=O)NC8=O)nn(C)c7c6)CC5)CC4)(NC(=O)c4cc(F)ccc4F)CC3)nc2)c2c(C#N)cnn2c1. The summed E-state index contributed by atoms with van der Waals surface area (Å²) in [6.07, 6.45) is 11.8. The summed E-state index contributed by atoms with van der Waals surface area (Å²) in [6.45, 7) is 9.66. The van der Waals surface area contributed by atoms with Crippen LogP contribution >= 0.6 is 0 Å². The molecule has 6 aromatic rings.